The summed E-state index contributed by atoms with van der Waals surface area (Å²) in [5, 5.41) is 25.7. The summed E-state index contributed by atoms with van der Waals surface area (Å²) < 4.78 is 28.5. The molecule has 3 aromatic carbocycles. The highest BCUT2D eigenvalue weighted by Gasteiger charge is 2.54. The topological polar surface area (TPSA) is 162 Å². The standard InChI is InChI=1S/C38H40N2O10/c41-24-8-11-31-33(20-24)49-34-21-25(42)9-12-32(34)38(31)30-10-7-23(19-28(30)36(44)50-38)35(43)39-13-15-46-17-18-47-16-14-40-37(45)48-22-29-26-5-3-1-2-4-6-27(26)29/h1-2,7-12,19-21,26-27,29,41-42H,3-6,13-18,22H2,(H,39,43)(H,40,45)/b2-1-/t26-,27+,29-. The fraction of sp³-hybridized carbons (Fsp3) is 0.395. The minimum absolute atomic E-state index is 0.0357. The van der Waals surface area contributed by atoms with E-state index in [9.17, 15) is 24.6 Å². The Labute approximate surface area is 289 Å². The van der Waals surface area contributed by atoms with Gasteiger partial charge in [-0.15, -0.1) is 0 Å². The quantitative estimate of drug-likeness (QED) is 0.114. The highest BCUT2D eigenvalue weighted by atomic mass is 16.6. The molecule has 1 saturated carbocycles. The second kappa shape index (κ2) is 14.4. The van der Waals surface area contributed by atoms with Gasteiger partial charge in [0.1, 0.15) is 23.0 Å². The number of nitrogens with one attached hydrogen (secondary N) is 2. The first kappa shape index (κ1) is 33.4. The predicted octanol–water partition coefficient (Wildman–Crippen LogP) is 5.15. The van der Waals surface area contributed by atoms with Crippen molar-refractivity contribution in [2.75, 3.05) is 46.1 Å². The molecule has 0 unspecified atom stereocenters. The maximum absolute atomic E-state index is 13.3. The molecule has 1 spiro atoms. The number of carbonyl (C=O) groups is 3. The van der Waals surface area contributed by atoms with Gasteiger partial charge in [-0.05, 0) is 79.8 Å². The van der Waals surface area contributed by atoms with Crippen molar-refractivity contribution in [3.63, 3.8) is 0 Å². The van der Waals surface area contributed by atoms with Crippen LogP contribution in [0.5, 0.6) is 23.0 Å². The van der Waals surface area contributed by atoms with Gasteiger partial charge in [0, 0.05) is 47.5 Å². The number of aromatic hydroxyl groups is 2. The Bertz CT molecular complexity index is 1740. The molecule has 2 aliphatic heterocycles. The summed E-state index contributed by atoms with van der Waals surface area (Å²) in [5.41, 5.74) is 0.612. The van der Waals surface area contributed by atoms with E-state index >= 15 is 0 Å². The number of allylic oxidation sites excluding steroid dienone is 2. The number of ether oxygens (including phenoxy) is 5. The lowest BCUT2D eigenvalue weighted by atomic mass is 9.77. The lowest BCUT2D eigenvalue weighted by molar-refractivity contribution is 0.0224. The maximum Gasteiger partial charge on any atom is 0.407 e. The number of fused-ring (bicyclic) bond motifs is 7. The molecular formula is C38H40N2O10. The molecule has 0 saturated heterocycles. The second-order valence-corrected chi connectivity index (χ2v) is 12.9. The molecule has 0 bridgehead atoms. The maximum atomic E-state index is 13.3. The molecule has 0 radical (unpaired) electrons. The van der Waals surface area contributed by atoms with Gasteiger partial charge in [-0.2, -0.15) is 0 Å². The van der Waals surface area contributed by atoms with Crippen LogP contribution in [0.25, 0.3) is 0 Å². The number of rotatable bonds is 12. The van der Waals surface area contributed by atoms with Crippen molar-refractivity contribution >= 4 is 18.0 Å². The Morgan fingerprint density at radius 2 is 1.38 bits per heavy atom. The van der Waals surface area contributed by atoms with Gasteiger partial charge in [-0.3, -0.25) is 4.79 Å². The highest BCUT2D eigenvalue weighted by Crippen LogP contribution is 2.57. The fourth-order valence-corrected chi connectivity index (χ4v) is 7.40. The van der Waals surface area contributed by atoms with Gasteiger partial charge in [0.05, 0.1) is 38.6 Å². The van der Waals surface area contributed by atoms with Gasteiger partial charge in [-0.25, -0.2) is 9.59 Å². The van der Waals surface area contributed by atoms with Gasteiger partial charge < -0.3 is 44.5 Å². The van der Waals surface area contributed by atoms with Gasteiger partial charge in [0.2, 0.25) is 0 Å². The Morgan fingerprint density at radius 3 is 2.02 bits per heavy atom. The summed E-state index contributed by atoms with van der Waals surface area (Å²) in [6.45, 7) is 2.28. The average Bonchev–Trinajstić information content (AvgIpc) is 3.65. The number of hydrogen-bond acceptors (Lipinski definition) is 10. The van der Waals surface area contributed by atoms with Crippen LogP contribution in [-0.4, -0.2) is 74.3 Å². The number of benzene rings is 3. The van der Waals surface area contributed by atoms with Crippen LogP contribution in [0, 0.1) is 17.8 Å². The molecule has 1 fully saturated rings. The second-order valence-electron chi connectivity index (χ2n) is 12.9. The van der Waals surface area contributed by atoms with E-state index in [0.717, 1.165) is 12.8 Å². The first-order valence-corrected chi connectivity index (χ1v) is 17.1. The first-order valence-electron chi connectivity index (χ1n) is 17.1. The predicted molar refractivity (Wildman–Crippen MR) is 179 cm³/mol. The van der Waals surface area contributed by atoms with E-state index in [1.807, 2.05) is 0 Å². The summed E-state index contributed by atoms with van der Waals surface area (Å²) in [7, 11) is 0. The van der Waals surface area contributed by atoms with Gasteiger partial charge in [0.15, 0.2) is 5.60 Å². The van der Waals surface area contributed by atoms with E-state index in [0.29, 0.717) is 67.4 Å². The third-order valence-electron chi connectivity index (χ3n) is 9.87. The number of phenols is 2. The van der Waals surface area contributed by atoms with E-state index < -0.39 is 17.7 Å². The molecule has 262 valence electrons. The third kappa shape index (κ3) is 6.73. The summed E-state index contributed by atoms with van der Waals surface area (Å²) in [6, 6.07) is 13.8. The molecule has 3 aromatic rings. The van der Waals surface area contributed by atoms with Crippen molar-refractivity contribution < 1.29 is 48.3 Å². The molecule has 2 heterocycles. The first-order chi connectivity index (χ1) is 24.3. The number of hydrogen-bond donors (Lipinski definition) is 4. The Morgan fingerprint density at radius 1 is 0.780 bits per heavy atom. The van der Waals surface area contributed by atoms with Gasteiger partial charge in [0.25, 0.3) is 5.91 Å². The van der Waals surface area contributed by atoms with Crippen LogP contribution in [-0.2, 0) is 24.5 Å². The molecule has 0 aromatic heterocycles. The van der Waals surface area contributed by atoms with E-state index in [1.54, 1.807) is 24.3 Å². The van der Waals surface area contributed by atoms with Crippen LogP contribution >= 0.6 is 0 Å². The molecule has 12 nitrogen and oxygen atoms in total. The van der Waals surface area contributed by atoms with Crippen molar-refractivity contribution in [3.05, 3.63) is 94.6 Å². The molecular weight excluding hydrogens is 644 g/mol. The number of phenolic OH excluding ortho intramolecular Hbond substituents is 2. The Hall–Kier alpha value is -5.07. The Balaban J connectivity index is 0.833. The summed E-state index contributed by atoms with van der Waals surface area (Å²) in [6.07, 6.45) is 8.68. The van der Waals surface area contributed by atoms with Crippen molar-refractivity contribution in [2.24, 2.45) is 17.8 Å². The molecule has 4 aliphatic rings. The zero-order valence-corrected chi connectivity index (χ0v) is 27.5. The molecule has 12 heteroatoms. The van der Waals surface area contributed by atoms with Crippen molar-refractivity contribution in [3.8, 4) is 23.0 Å². The normalized spacial score (nSPS) is 21.2. The number of esters is 1. The van der Waals surface area contributed by atoms with Crippen LogP contribution in [0.4, 0.5) is 4.79 Å². The third-order valence-corrected chi connectivity index (χ3v) is 9.87. The lowest BCUT2D eigenvalue weighted by Gasteiger charge is -2.36. The van der Waals surface area contributed by atoms with Crippen molar-refractivity contribution in [1.29, 1.82) is 0 Å². The van der Waals surface area contributed by atoms with E-state index in [4.69, 9.17) is 23.7 Å². The molecule has 3 atom stereocenters. The molecule has 2 amide bonds. The molecule has 50 heavy (non-hydrogen) atoms. The van der Waals surface area contributed by atoms with E-state index in [1.165, 1.54) is 43.2 Å². The summed E-state index contributed by atoms with van der Waals surface area (Å²) >= 11 is 0. The van der Waals surface area contributed by atoms with E-state index in [2.05, 4.69) is 22.8 Å². The molecule has 7 rings (SSSR count). The molecule has 4 N–H and O–H groups in total. The summed E-state index contributed by atoms with van der Waals surface area (Å²) in [5.74, 6) is 1.33. The number of alkyl carbamates (subject to hydrolysis) is 1. The van der Waals surface area contributed by atoms with Crippen LogP contribution in [0.3, 0.4) is 0 Å². The van der Waals surface area contributed by atoms with Crippen LogP contribution in [0.1, 0.15) is 63.1 Å². The number of amides is 2. The fourth-order valence-electron chi connectivity index (χ4n) is 7.40. The zero-order valence-electron chi connectivity index (χ0n) is 27.5. The Kier molecular flexibility index (Phi) is 9.64. The zero-order chi connectivity index (χ0) is 34.7. The van der Waals surface area contributed by atoms with Crippen LogP contribution in [0.15, 0.2) is 66.7 Å². The van der Waals surface area contributed by atoms with Gasteiger partial charge in [-0.1, -0.05) is 18.2 Å². The van der Waals surface area contributed by atoms with E-state index in [-0.39, 0.29) is 53.2 Å². The largest absolute Gasteiger partial charge is 0.508 e. The van der Waals surface area contributed by atoms with Crippen LogP contribution < -0.4 is 15.4 Å². The average molecular weight is 685 g/mol. The monoisotopic (exact) mass is 684 g/mol. The smallest absolute Gasteiger partial charge is 0.407 e. The van der Waals surface area contributed by atoms with Gasteiger partial charge >= 0.3 is 12.1 Å². The van der Waals surface area contributed by atoms with Crippen LogP contribution in [0.2, 0.25) is 0 Å². The summed E-state index contributed by atoms with van der Waals surface area (Å²) in [4.78, 5) is 38.3. The SMILES string of the molecule is O=C(NCCOCCOCCNC(=O)c1ccc2c(c1)C(=O)OC21c2ccc(O)cc2Oc2cc(O)ccc21)OC[C@@H]1[C@@H]2CC/C=C\CC[C@@H]21. The lowest BCUT2D eigenvalue weighted by Crippen LogP contribution is -2.33. The van der Waals surface area contributed by atoms with Crippen molar-refractivity contribution in [2.45, 2.75) is 31.3 Å². The minimum atomic E-state index is -1.40. The number of carbonyl (C=O) groups excluding carboxylic acids is 3. The van der Waals surface area contributed by atoms with Crippen molar-refractivity contribution in [1.82, 2.24) is 10.6 Å². The highest BCUT2D eigenvalue weighted by molar-refractivity contribution is 6.01. The minimum Gasteiger partial charge on any atom is -0.508 e. The molecule has 2 aliphatic carbocycles.